The molecule has 1 unspecified atom stereocenters. The van der Waals surface area contributed by atoms with Crippen LogP contribution in [-0.4, -0.2) is 47.1 Å². The Balaban J connectivity index is 2.26. The van der Waals surface area contributed by atoms with Crippen LogP contribution >= 0.6 is 0 Å². The highest BCUT2D eigenvalue weighted by Gasteiger charge is 2.35. The van der Waals surface area contributed by atoms with Crippen LogP contribution in [0.25, 0.3) is 0 Å². The highest BCUT2D eigenvalue weighted by Crippen LogP contribution is 2.21. The quantitative estimate of drug-likeness (QED) is 0.813. The summed E-state index contributed by atoms with van der Waals surface area (Å²) < 4.78 is 5.78. The van der Waals surface area contributed by atoms with E-state index in [0.717, 1.165) is 5.69 Å². The van der Waals surface area contributed by atoms with Crippen LogP contribution in [0, 0.1) is 6.92 Å². The smallest absolute Gasteiger partial charge is 0.259 e. The molecule has 0 radical (unpaired) electrons. The van der Waals surface area contributed by atoms with Crippen molar-refractivity contribution in [2.45, 2.75) is 32.5 Å². The molecular formula is C14H21N3O3. The van der Waals surface area contributed by atoms with E-state index in [2.05, 4.69) is 4.98 Å². The summed E-state index contributed by atoms with van der Waals surface area (Å²) in [5, 5.41) is 0. The predicted molar refractivity (Wildman–Crippen MR) is 75.7 cm³/mol. The fourth-order valence-electron chi connectivity index (χ4n) is 2.48. The van der Waals surface area contributed by atoms with E-state index < -0.39 is 5.60 Å². The topological polar surface area (TPSA) is 88.4 Å². The fourth-order valence-corrected chi connectivity index (χ4v) is 2.48. The number of nitrogens with zero attached hydrogens (tertiary/aromatic N) is 1. The van der Waals surface area contributed by atoms with Gasteiger partial charge in [0.25, 0.3) is 5.91 Å². The molecule has 0 aliphatic carbocycles. The van der Waals surface area contributed by atoms with E-state index in [1.807, 2.05) is 13.8 Å². The van der Waals surface area contributed by atoms with Crippen LogP contribution in [0.3, 0.4) is 0 Å². The minimum atomic E-state index is -0.463. The van der Waals surface area contributed by atoms with Gasteiger partial charge in [0.1, 0.15) is 5.56 Å². The van der Waals surface area contributed by atoms with Crippen molar-refractivity contribution >= 4 is 5.91 Å². The first-order chi connectivity index (χ1) is 9.32. The number of aromatic amines is 1. The summed E-state index contributed by atoms with van der Waals surface area (Å²) in [6.07, 6.45) is 1.27. The summed E-state index contributed by atoms with van der Waals surface area (Å²) in [7, 11) is 0. The van der Waals surface area contributed by atoms with Crippen molar-refractivity contribution in [2.75, 3.05) is 19.6 Å². The molecule has 1 fully saturated rings. The average Bonchev–Trinajstić information content (AvgIpc) is 2.36. The minimum absolute atomic E-state index is 0.157. The Morgan fingerprint density at radius 3 is 2.90 bits per heavy atom. The Hall–Kier alpha value is -1.66. The molecule has 1 aliphatic heterocycles. The van der Waals surface area contributed by atoms with Gasteiger partial charge in [0.05, 0.1) is 11.7 Å². The number of carbonyl (C=O) groups is 1. The van der Waals surface area contributed by atoms with Gasteiger partial charge < -0.3 is 20.4 Å². The van der Waals surface area contributed by atoms with Crippen molar-refractivity contribution in [3.05, 3.63) is 33.7 Å². The van der Waals surface area contributed by atoms with Gasteiger partial charge in [-0.1, -0.05) is 0 Å². The lowest BCUT2D eigenvalue weighted by Crippen LogP contribution is -2.56. The van der Waals surface area contributed by atoms with Gasteiger partial charge in [-0.25, -0.2) is 0 Å². The van der Waals surface area contributed by atoms with Crippen LogP contribution in [-0.2, 0) is 4.74 Å². The molecule has 1 aliphatic rings. The van der Waals surface area contributed by atoms with Crippen LogP contribution < -0.4 is 11.2 Å². The van der Waals surface area contributed by atoms with Crippen molar-refractivity contribution < 1.29 is 9.53 Å². The zero-order valence-corrected chi connectivity index (χ0v) is 12.1. The average molecular weight is 279 g/mol. The summed E-state index contributed by atoms with van der Waals surface area (Å²) in [6.45, 7) is 6.79. The number of rotatable bonds is 2. The molecule has 1 aromatic heterocycles. The van der Waals surface area contributed by atoms with Gasteiger partial charge in [0, 0.05) is 37.6 Å². The Bertz CT molecular complexity index is 565. The maximum atomic E-state index is 12.5. The number of nitrogens with one attached hydrogen (secondary N) is 1. The summed E-state index contributed by atoms with van der Waals surface area (Å²) >= 11 is 0. The molecule has 1 saturated heterocycles. The van der Waals surface area contributed by atoms with Gasteiger partial charge in [0.2, 0.25) is 0 Å². The van der Waals surface area contributed by atoms with Crippen LogP contribution in [0.1, 0.15) is 29.9 Å². The molecule has 1 amide bonds. The predicted octanol–water partition coefficient (Wildman–Crippen LogP) is 0.262. The van der Waals surface area contributed by atoms with Crippen molar-refractivity contribution in [3.8, 4) is 0 Å². The second-order valence-corrected chi connectivity index (χ2v) is 5.81. The van der Waals surface area contributed by atoms with Gasteiger partial charge in [0.15, 0.2) is 5.43 Å². The number of hydrogen-bond acceptors (Lipinski definition) is 4. The molecule has 110 valence electrons. The lowest BCUT2D eigenvalue weighted by molar-refractivity contribution is -0.122. The number of nitrogens with two attached hydrogens (primary N) is 1. The molecule has 1 aromatic rings. The third kappa shape index (κ3) is 3.08. The van der Waals surface area contributed by atoms with Crippen LogP contribution in [0.15, 0.2) is 17.1 Å². The fraction of sp³-hybridized carbons (Fsp3) is 0.571. The first-order valence-electron chi connectivity index (χ1n) is 6.69. The van der Waals surface area contributed by atoms with E-state index in [-0.39, 0.29) is 23.0 Å². The maximum absolute atomic E-state index is 12.5. The number of ether oxygens (including phenoxy) is 1. The molecular weight excluding hydrogens is 258 g/mol. The number of morpholine rings is 1. The summed E-state index contributed by atoms with van der Waals surface area (Å²) in [6, 6.07) is 1.43. The molecule has 2 rings (SSSR count). The third-order valence-corrected chi connectivity index (χ3v) is 3.32. The monoisotopic (exact) mass is 279 g/mol. The molecule has 20 heavy (non-hydrogen) atoms. The molecule has 1 atom stereocenters. The molecule has 2 heterocycles. The normalized spacial score (nSPS) is 21.8. The van der Waals surface area contributed by atoms with Crippen LogP contribution in [0.2, 0.25) is 0 Å². The van der Waals surface area contributed by atoms with Gasteiger partial charge >= 0.3 is 0 Å². The standard InChI is InChI=1S/C14H21N3O3/c1-9-4-12(18)11(6-16-9)13(19)17-7-10(5-15)20-14(2,3)8-17/h4,6,10H,5,7-8,15H2,1-3H3,(H,16,18). The van der Waals surface area contributed by atoms with E-state index in [9.17, 15) is 9.59 Å². The Morgan fingerprint density at radius 2 is 2.30 bits per heavy atom. The van der Waals surface area contributed by atoms with Crippen LogP contribution in [0.5, 0.6) is 0 Å². The summed E-state index contributed by atoms with van der Waals surface area (Å²) in [5.41, 5.74) is 5.80. The van der Waals surface area contributed by atoms with E-state index in [4.69, 9.17) is 10.5 Å². The van der Waals surface area contributed by atoms with E-state index in [1.165, 1.54) is 12.3 Å². The molecule has 6 nitrogen and oxygen atoms in total. The highest BCUT2D eigenvalue weighted by molar-refractivity contribution is 5.94. The number of pyridine rings is 1. The molecule has 3 N–H and O–H groups in total. The van der Waals surface area contributed by atoms with Crippen LogP contribution in [0.4, 0.5) is 0 Å². The summed E-state index contributed by atoms with van der Waals surface area (Å²) in [5.74, 6) is -0.277. The molecule has 0 spiro atoms. The Morgan fingerprint density at radius 1 is 1.60 bits per heavy atom. The molecule has 6 heteroatoms. The molecule has 0 aromatic carbocycles. The zero-order chi connectivity index (χ0) is 14.9. The van der Waals surface area contributed by atoms with Crippen molar-refractivity contribution in [1.82, 2.24) is 9.88 Å². The maximum Gasteiger partial charge on any atom is 0.259 e. The molecule has 0 saturated carbocycles. The first kappa shape index (κ1) is 14.7. The SMILES string of the molecule is Cc1cc(=O)c(C(=O)N2CC(CN)OC(C)(C)C2)c[nH]1. The number of aryl methyl sites for hydroxylation is 1. The lowest BCUT2D eigenvalue weighted by Gasteiger charge is -2.42. The number of carbonyl (C=O) groups excluding carboxylic acids is 1. The van der Waals surface area contributed by atoms with Gasteiger partial charge in [-0.05, 0) is 20.8 Å². The molecule has 0 bridgehead atoms. The second-order valence-electron chi connectivity index (χ2n) is 5.81. The highest BCUT2D eigenvalue weighted by atomic mass is 16.5. The van der Waals surface area contributed by atoms with Crippen molar-refractivity contribution in [2.24, 2.45) is 5.73 Å². The van der Waals surface area contributed by atoms with E-state index in [1.54, 1.807) is 11.8 Å². The van der Waals surface area contributed by atoms with E-state index in [0.29, 0.717) is 19.6 Å². The Kier molecular flexibility index (Phi) is 3.96. The first-order valence-corrected chi connectivity index (χ1v) is 6.69. The largest absolute Gasteiger partial charge is 0.367 e. The number of amides is 1. The second kappa shape index (κ2) is 5.38. The van der Waals surface area contributed by atoms with Crippen molar-refractivity contribution in [3.63, 3.8) is 0 Å². The third-order valence-electron chi connectivity index (χ3n) is 3.32. The lowest BCUT2D eigenvalue weighted by atomic mass is 10.0. The number of hydrogen-bond donors (Lipinski definition) is 2. The number of aromatic nitrogens is 1. The number of H-pyrrole nitrogens is 1. The minimum Gasteiger partial charge on any atom is -0.367 e. The van der Waals surface area contributed by atoms with E-state index >= 15 is 0 Å². The zero-order valence-electron chi connectivity index (χ0n) is 12.1. The van der Waals surface area contributed by atoms with Crippen molar-refractivity contribution in [1.29, 1.82) is 0 Å². The van der Waals surface area contributed by atoms with Gasteiger partial charge in [-0.3, -0.25) is 9.59 Å². The van der Waals surface area contributed by atoms with Gasteiger partial charge in [-0.15, -0.1) is 0 Å². The van der Waals surface area contributed by atoms with Gasteiger partial charge in [-0.2, -0.15) is 0 Å². The summed E-state index contributed by atoms with van der Waals surface area (Å²) in [4.78, 5) is 28.9. The Labute approximate surface area is 117 Å².